The van der Waals surface area contributed by atoms with Gasteiger partial charge in [0.25, 0.3) is 10.1 Å². The van der Waals surface area contributed by atoms with Crippen LogP contribution in [-0.2, 0) is 19.0 Å². The van der Waals surface area contributed by atoms with Crippen molar-refractivity contribution in [3.05, 3.63) is 29.8 Å². The van der Waals surface area contributed by atoms with Gasteiger partial charge in [0, 0.05) is 19.0 Å². The molecule has 0 radical (unpaired) electrons. The Bertz CT molecular complexity index is 754. The van der Waals surface area contributed by atoms with Crippen molar-refractivity contribution in [3.63, 3.8) is 0 Å². The lowest BCUT2D eigenvalue weighted by Gasteiger charge is -2.39. The third-order valence-corrected chi connectivity index (χ3v) is 5.07. The highest BCUT2D eigenvalue weighted by Crippen LogP contribution is 2.35. The molecule has 2 rings (SSSR count). The molecule has 8 heteroatoms. The summed E-state index contributed by atoms with van der Waals surface area (Å²) in [7, 11) is -3.56. The molecule has 0 spiro atoms. The normalized spacial score (nSPS) is 20.7. The van der Waals surface area contributed by atoms with Crippen LogP contribution in [0.4, 0.5) is 4.79 Å². The summed E-state index contributed by atoms with van der Waals surface area (Å²) in [6, 6.07) is 7.81. The van der Waals surface area contributed by atoms with Gasteiger partial charge >= 0.3 is 6.09 Å². The number of hydrogen-bond donors (Lipinski definition) is 0. The Hall–Kier alpha value is -1.80. The van der Waals surface area contributed by atoms with E-state index in [0.29, 0.717) is 26.1 Å². The van der Waals surface area contributed by atoms with Gasteiger partial charge in [0.15, 0.2) is 0 Å². The highest BCUT2D eigenvalue weighted by Gasteiger charge is 2.35. The number of ether oxygens (including phenoxy) is 2. The van der Waals surface area contributed by atoms with E-state index in [-0.39, 0.29) is 24.5 Å². The molecule has 0 aromatic heterocycles. The van der Waals surface area contributed by atoms with Crippen LogP contribution in [0.15, 0.2) is 24.3 Å². The van der Waals surface area contributed by atoms with Gasteiger partial charge in [-0.05, 0) is 57.7 Å². The maximum absolute atomic E-state index is 12.4. The predicted molar refractivity (Wildman–Crippen MR) is 107 cm³/mol. The molecule has 7 nitrogen and oxygen atoms in total. The van der Waals surface area contributed by atoms with E-state index in [1.807, 2.05) is 52.0 Å². The lowest BCUT2D eigenvalue weighted by atomic mass is 9.81. The molecule has 1 saturated heterocycles. The topological polar surface area (TPSA) is 82.1 Å². The fraction of sp³-hybridized carbons (Fsp3) is 0.650. The Balaban J connectivity index is 2.16. The van der Waals surface area contributed by atoms with Crippen molar-refractivity contribution in [1.82, 2.24) is 4.90 Å². The average Bonchev–Trinajstić information content (AvgIpc) is 2.59. The van der Waals surface area contributed by atoms with Crippen molar-refractivity contribution in [1.29, 1.82) is 0 Å². The molecule has 2 unspecified atom stereocenters. The number of amides is 1. The standard InChI is InChI=1S/C20H31NO6S/c1-6-25-17-9-7-15(8-10-17)18-11-12-21(19(22)27-20(2,3)4)13-16(18)14-26-28(5,23)24/h7-10,16,18H,6,11-14H2,1-5H3. The summed E-state index contributed by atoms with van der Waals surface area (Å²) in [5.74, 6) is 0.714. The first-order valence-corrected chi connectivity index (χ1v) is 11.3. The lowest BCUT2D eigenvalue weighted by Crippen LogP contribution is -2.46. The highest BCUT2D eigenvalue weighted by molar-refractivity contribution is 7.85. The van der Waals surface area contributed by atoms with Gasteiger partial charge in [0.1, 0.15) is 11.4 Å². The Morgan fingerprint density at radius 2 is 1.86 bits per heavy atom. The second-order valence-corrected chi connectivity index (χ2v) is 9.72. The monoisotopic (exact) mass is 413 g/mol. The zero-order valence-electron chi connectivity index (χ0n) is 17.3. The number of carbonyl (C=O) groups excluding carboxylic acids is 1. The van der Waals surface area contributed by atoms with Crippen LogP contribution in [0.2, 0.25) is 0 Å². The number of hydrogen-bond acceptors (Lipinski definition) is 6. The number of rotatable bonds is 6. The van der Waals surface area contributed by atoms with Crippen LogP contribution in [0, 0.1) is 5.92 Å². The van der Waals surface area contributed by atoms with E-state index in [4.69, 9.17) is 13.7 Å². The number of nitrogens with zero attached hydrogens (tertiary/aromatic N) is 1. The van der Waals surface area contributed by atoms with Crippen molar-refractivity contribution in [2.24, 2.45) is 5.92 Å². The predicted octanol–water partition coefficient (Wildman–Crippen LogP) is 3.40. The minimum Gasteiger partial charge on any atom is -0.494 e. The quantitative estimate of drug-likeness (QED) is 0.665. The van der Waals surface area contributed by atoms with Crippen LogP contribution < -0.4 is 4.74 Å². The molecule has 1 aliphatic rings. The van der Waals surface area contributed by atoms with Gasteiger partial charge in [-0.1, -0.05) is 12.1 Å². The summed E-state index contributed by atoms with van der Waals surface area (Å²) in [5.41, 5.74) is 0.497. The molecule has 0 bridgehead atoms. The van der Waals surface area contributed by atoms with Crippen molar-refractivity contribution < 1.29 is 26.9 Å². The van der Waals surface area contributed by atoms with Crippen LogP contribution in [0.5, 0.6) is 5.75 Å². The van der Waals surface area contributed by atoms with E-state index in [0.717, 1.165) is 17.6 Å². The number of benzene rings is 1. The summed E-state index contributed by atoms with van der Waals surface area (Å²) < 4.78 is 39.0. The molecule has 0 aliphatic carbocycles. The molecular weight excluding hydrogens is 382 g/mol. The largest absolute Gasteiger partial charge is 0.494 e. The third-order valence-electron chi connectivity index (χ3n) is 4.50. The van der Waals surface area contributed by atoms with Crippen molar-refractivity contribution in [3.8, 4) is 5.75 Å². The van der Waals surface area contributed by atoms with E-state index in [1.165, 1.54) is 0 Å². The fourth-order valence-electron chi connectivity index (χ4n) is 3.32. The molecular formula is C20H31NO6S. The molecule has 1 heterocycles. The van der Waals surface area contributed by atoms with Crippen LogP contribution in [0.25, 0.3) is 0 Å². The Morgan fingerprint density at radius 3 is 2.39 bits per heavy atom. The Labute approximate surface area is 168 Å². The van der Waals surface area contributed by atoms with Gasteiger partial charge in [0.2, 0.25) is 0 Å². The van der Waals surface area contributed by atoms with Crippen molar-refractivity contribution in [2.45, 2.75) is 45.6 Å². The molecule has 158 valence electrons. The number of likely N-dealkylation sites (tertiary alicyclic amines) is 1. The molecule has 0 saturated carbocycles. The first-order chi connectivity index (χ1) is 13.0. The van der Waals surface area contributed by atoms with Gasteiger partial charge < -0.3 is 14.4 Å². The maximum Gasteiger partial charge on any atom is 0.410 e. The van der Waals surface area contributed by atoms with Crippen LogP contribution >= 0.6 is 0 Å². The second-order valence-electron chi connectivity index (χ2n) is 8.07. The first-order valence-electron chi connectivity index (χ1n) is 9.53. The van der Waals surface area contributed by atoms with E-state index >= 15 is 0 Å². The zero-order chi connectivity index (χ0) is 20.9. The van der Waals surface area contributed by atoms with E-state index < -0.39 is 15.7 Å². The second kappa shape index (κ2) is 9.13. The molecule has 2 atom stereocenters. The third kappa shape index (κ3) is 6.98. The van der Waals surface area contributed by atoms with Crippen LogP contribution in [-0.4, -0.2) is 57.6 Å². The van der Waals surface area contributed by atoms with E-state index in [2.05, 4.69) is 0 Å². The minimum atomic E-state index is -3.56. The smallest absolute Gasteiger partial charge is 0.410 e. The van der Waals surface area contributed by atoms with Gasteiger partial charge in [-0.3, -0.25) is 4.18 Å². The molecule has 1 aromatic rings. The van der Waals surface area contributed by atoms with Crippen molar-refractivity contribution >= 4 is 16.2 Å². The Morgan fingerprint density at radius 1 is 1.21 bits per heavy atom. The highest BCUT2D eigenvalue weighted by atomic mass is 32.2. The fourth-order valence-corrected chi connectivity index (χ4v) is 3.74. The van der Waals surface area contributed by atoms with Crippen molar-refractivity contribution in [2.75, 3.05) is 32.6 Å². The summed E-state index contributed by atoms with van der Waals surface area (Å²) in [5, 5.41) is 0. The molecule has 28 heavy (non-hydrogen) atoms. The summed E-state index contributed by atoms with van der Waals surface area (Å²) in [4.78, 5) is 14.1. The van der Waals surface area contributed by atoms with Crippen LogP contribution in [0.3, 0.4) is 0 Å². The molecule has 1 fully saturated rings. The minimum absolute atomic E-state index is 0.0238. The lowest BCUT2D eigenvalue weighted by molar-refractivity contribution is 0.0114. The van der Waals surface area contributed by atoms with E-state index in [1.54, 1.807) is 4.90 Å². The summed E-state index contributed by atoms with van der Waals surface area (Å²) >= 11 is 0. The molecule has 1 aromatic carbocycles. The molecule has 0 N–H and O–H groups in total. The first kappa shape index (κ1) is 22.5. The van der Waals surface area contributed by atoms with Gasteiger partial charge in [-0.25, -0.2) is 4.79 Å². The SMILES string of the molecule is CCOc1ccc(C2CCN(C(=O)OC(C)(C)C)CC2COS(C)(=O)=O)cc1. The van der Waals surface area contributed by atoms with Crippen LogP contribution in [0.1, 0.15) is 45.6 Å². The molecule has 1 amide bonds. The number of carbonyl (C=O) groups is 1. The zero-order valence-corrected chi connectivity index (χ0v) is 18.1. The van der Waals surface area contributed by atoms with Gasteiger partial charge in [-0.2, -0.15) is 8.42 Å². The molecule has 1 aliphatic heterocycles. The van der Waals surface area contributed by atoms with Gasteiger partial charge in [0.05, 0.1) is 19.5 Å². The Kier molecular flexibility index (Phi) is 7.33. The maximum atomic E-state index is 12.4. The number of piperidine rings is 1. The summed E-state index contributed by atoms with van der Waals surface area (Å²) in [6.45, 7) is 8.93. The summed E-state index contributed by atoms with van der Waals surface area (Å²) in [6.07, 6.45) is 1.35. The average molecular weight is 414 g/mol. The van der Waals surface area contributed by atoms with E-state index in [9.17, 15) is 13.2 Å². The van der Waals surface area contributed by atoms with Gasteiger partial charge in [-0.15, -0.1) is 0 Å².